The van der Waals surface area contributed by atoms with Crippen molar-refractivity contribution in [2.75, 3.05) is 0 Å². The summed E-state index contributed by atoms with van der Waals surface area (Å²) in [5, 5.41) is 18.2. The zero-order valence-electron chi connectivity index (χ0n) is 13.2. The normalized spacial score (nSPS) is 13.6. The number of aliphatic hydroxyl groups is 1. The van der Waals surface area contributed by atoms with E-state index in [2.05, 4.69) is 6.92 Å². The van der Waals surface area contributed by atoms with Crippen LogP contribution >= 0.6 is 0 Å². The van der Waals surface area contributed by atoms with Gasteiger partial charge in [0.15, 0.2) is 0 Å². The minimum Gasteiger partial charge on any atom is -0.478 e. The van der Waals surface area contributed by atoms with Gasteiger partial charge in [-0.3, -0.25) is 0 Å². The lowest BCUT2D eigenvalue weighted by Gasteiger charge is -2.09. The van der Waals surface area contributed by atoms with Crippen molar-refractivity contribution in [1.82, 2.24) is 0 Å². The van der Waals surface area contributed by atoms with Crippen LogP contribution in [0.1, 0.15) is 64.7 Å². The SMILES string of the molecule is CCCCCCCC(O)CCCC=CC=CC=CC(=O)O. The van der Waals surface area contributed by atoms with E-state index in [0.717, 1.165) is 38.2 Å². The number of carboxylic acid groups (broad SMARTS) is 1. The van der Waals surface area contributed by atoms with Crippen LogP contribution in [-0.4, -0.2) is 22.3 Å². The van der Waals surface area contributed by atoms with Crippen molar-refractivity contribution in [3.63, 3.8) is 0 Å². The Morgan fingerprint density at radius 3 is 2.33 bits per heavy atom. The Morgan fingerprint density at radius 2 is 1.62 bits per heavy atom. The quantitative estimate of drug-likeness (QED) is 0.296. The Balaban J connectivity index is 3.46. The lowest BCUT2D eigenvalue weighted by molar-refractivity contribution is -0.131. The van der Waals surface area contributed by atoms with Gasteiger partial charge in [-0.25, -0.2) is 4.79 Å². The molecular weight excluding hydrogens is 264 g/mol. The molecule has 0 aromatic rings. The number of allylic oxidation sites excluding steroid dienone is 5. The number of hydrogen-bond acceptors (Lipinski definition) is 2. The van der Waals surface area contributed by atoms with Gasteiger partial charge in [-0.1, -0.05) is 69.4 Å². The van der Waals surface area contributed by atoms with Crippen molar-refractivity contribution >= 4 is 5.97 Å². The second-order valence-corrected chi connectivity index (χ2v) is 5.30. The van der Waals surface area contributed by atoms with Gasteiger partial charge in [0, 0.05) is 6.08 Å². The molecular formula is C18H30O3. The lowest BCUT2D eigenvalue weighted by Crippen LogP contribution is -2.05. The van der Waals surface area contributed by atoms with E-state index >= 15 is 0 Å². The van der Waals surface area contributed by atoms with E-state index in [1.807, 2.05) is 18.2 Å². The van der Waals surface area contributed by atoms with E-state index in [1.165, 1.54) is 31.8 Å². The molecule has 0 rings (SSSR count). The second-order valence-electron chi connectivity index (χ2n) is 5.30. The average Bonchev–Trinajstić information content (AvgIpc) is 2.45. The highest BCUT2D eigenvalue weighted by Crippen LogP contribution is 2.11. The third-order valence-corrected chi connectivity index (χ3v) is 3.26. The molecule has 120 valence electrons. The molecule has 0 aliphatic rings. The molecule has 0 aliphatic carbocycles. The van der Waals surface area contributed by atoms with Crippen molar-refractivity contribution in [3.8, 4) is 0 Å². The molecule has 0 saturated heterocycles. The molecule has 0 bridgehead atoms. The smallest absolute Gasteiger partial charge is 0.328 e. The van der Waals surface area contributed by atoms with Crippen LogP contribution in [0.4, 0.5) is 0 Å². The van der Waals surface area contributed by atoms with Crippen LogP contribution in [0.2, 0.25) is 0 Å². The largest absolute Gasteiger partial charge is 0.478 e. The van der Waals surface area contributed by atoms with Gasteiger partial charge in [-0.05, 0) is 25.7 Å². The number of rotatable bonds is 13. The molecule has 0 spiro atoms. The van der Waals surface area contributed by atoms with E-state index in [-0.39, 0.29) is 6.10 Å². The highest BCUT2D eigenvalue weighted by molar-refractivity contribution is 5.80. The summed E-state index contributed by atoms with van der Waals surface area (Å²) in [6.45, 7) is 2.21. The van der Waals surface area contributed by atoms with Gasteiger partial charge < -0.3 is 10.2 Å². The number of carboxylic acids is 1. The van der Waals surface area contributed by atoms with Gasteiger partial charge in [0.25, 0.3) is 0 Å². The molecule has 0 aliphatic heterocycles. The predicted molar refractivity (Wildman–Crippen MR) is 88.3 cm³/mol. The van der Waals surface area contributed by atoms with Crippen LogP contribution in [0.5, 0.6) is 0 Å². The van der Waals surface area contributed by atoms with Gasteiger partial charge in [-0.2, -0.15) is 0 Å². The third kappa shape index (κ3) is 16.6. The van der Waals surface area contributed by atoms with Gasteiger partial charge >= 0.3 is 5.97 Å². The first kappa shape index (κ1) is 19.7. The van der Waals surface area contributed by atoms with Crippen molar-refractivity contribution in [2.24, 2.45) is 0 Å². The lowest BCUT2D eigenvalue weighted by atomic mass is 10.0. The van der Waals surface area contributed by atoms with Crippen molar-refractivity contribution < 1.29 is 15.0 Å². The van der Waals surface area contributed by atoms with E-state index in [4.69, 9.17) is 5.11 Å². The Morgan fingerprint density at radius 1 is 0.952 bits per heavy atom. The minimum absolute atomic E-state index is 0.158. The maximum Gasteiger partial charge on any atom is 0.328 e. The number of hydrogen-bond donors (Lipinski definition) is 2. The van der Waals surface area contributed by atoms with Gasteiger partial charge in [0.05, 0.1) is 6.10 Å². The van der Waals surface area contributed by atoms with E-state index in [0.29, 0.717) is 0 Å². The molecule has 0 radical (unpaired) electrons. The predicted octanol–water partition coefficient (Wildman–Crippen LogP) is 4.63. The monoisotopic (exact) mass is 294 g/mol. The number of aliphatic hydroxyl groups excluding tert-OH is 1. The molecule has 0 aromatic carbocycles. The Hall–Kier alpha value is -1.35. The van der Waals surface area contributed by atoms with E-state index in [9.17, 15) is 9.90 Å². The van der Waals surface area contributed by atoms with Crippen molar-refractivity contribution in [3.05, 3.63) is 36.5 Å². The van der Waals surface area contributed by atoms with Crippen LogP contribution < -0.4 is 0 Å². The standard InChI is InChI=1S/C18H30O3/c1-2-3-4-8-11-14-17(19)15-12-9-6-5-7-10-13-16-18(20)21/h5-7,10,13,16-17,19H,2-4,8-9,11-12,14-15H2,1H3,(H,20,21). The molecule has 1 unspecified atom stereocenters. The first-order valence-corrected chi connectivity index (χ1v) is 8.07. The first-order valence-electron chi connectivity index (χ1n) is 8.07. The zero-order chi connectivity index (χ0) is 15.8. The molecule has 0 aromatic heterocycles. The summed E-state index contributed by atoms with van der Waals surface area (Å²) < 4.78 is 0. The van der Waals surface area contributed by atoms with Crippen LogP contribution in [0.25, 0.3) is 0 Å². The summed E-state index contributed by atoms with van der Waals surface area (Å²) in [4.78, 5) is 10.2. The van der Waals surface area contributed by atoms with E-state index < -0.39 is 5.97 Å². The molecule has 1 atom stereocenters. The highest BCUT2D eigenvalue weighted by Gasteiger charge is 2.02. The molecule has 3 heteroatoms. The van der Waals surface area contributed by atoms with Gasteiger partial charge in [0.2, 0.25) is 0 Å². The summed E-state index contributed by atoms with van der Waals surface area (Å²) in [6.07, 6.45) is 19.8. The summed E-state index contributed by atoms with van der Waals surface area (Å²) in [7, 11) is 0. The van der Waals surface area contributed by atoms with Crippen molar-refractivity contribution in [1.29, 1.82) is 0 Å². The topological polar surface area (TPSA) is 57.5 Å². The molecule has 3 nitrogen and oxygen atoms in total. The second kappa shape index (κ2) is 15.0. The minimum atomic E-state index is -0.938. The molecule has 2 N–H and O–H groups in total. The Kier molecular flexibility index (Phi) is 14.1. The molecule has 0 saturated carbocycles. The zero-order valence-corrected chi connectivity index (χ0v) is 13.2. The summed E-state index contributed by atoms with van der Waals surface area (Å²) in [5.41, 5.74) is 0. The summed E-state index contributed by atoms with van der Waals surface area (Å²) >= 11 is 0. The molecule has 21 heavy (non-hydrogen) atoms. The first-order chi connectivity index (χ1) is 10.2. The summed E-state index contributed by atoms with van der Waals surface area (Å²) in [6, 6.07) is 0. The maximum atomic E-state index is 10.2. The fourth-order valence-electron chi connectivity index (χ4n) is 2.04. The van der Waals surface area contributed by atoms with Gasteiger partial charge in [-0.15, -0.1) is 0 Å². The van der Waals surface area contributed by atoms with Crippen LogP contribution in [0.3, 0.4) is 0 Å². The Labute approximate surface area is 129 Å². The average molecular weight is 294 g/mol. The fraction of sp³-hybridized carbons (Fsp3) is 0.611. The number of aliphatic carboxylic acids is 1. The number of unbranched alkanes of at least 4 members (excludes halogenated alkanes) is 5. The molecule has 0 heterocycles. The third-order valence-electron chi connectivity index (χ3n) is 3.26. The highest BCUT2D eigenvalue weighted by atomic mass is 16.4. The molecule has 0 amide bonds. The maximum absolute atomic E-state index is 10.2. The Bertz CT molecular complexity index is 329. The molecule has 0 fully saturated rings. The van der Waals surface area contributed by atoms with E-state index in [1.54, 1.807) is 6.08 Å². The number of carbonyl (C=O) groups is 1. The van der Waals surface area contributed by atoms with Crippen LogP contribution in [0.15, 0.2) is 36.5 Å². The summed E-state index contributed by atoms with van der Waals surface area (Å²) in [5.74, 6) is -0.938. The van der Waals surface area contributed by atoms with Crippen LogP contribution in [0, 0.1) is 0 Å². The van der Waals surface area contributed by atoms with Crippen molar-refractivity contribution in [2.45, 2.75) is 70.8 Å². The fourth-order valence-corrected chi connectivity index (χ4v) is 2.04. The van der Waals surface area contributed by atoms with Crippen LogP contribution in [-0.2, 0) is 4.79 Å². The van der Waals surface area contributed by atoms with Gasteiger partial charge in [0.1, 0.15) is 0 Å².